The van der Waals surface area contributed by atoms with Gasteiger partial charge in [0.2, 0.25) is 0 Å². The number of aromatic nitrogens is 2. The van der Waals surface area contributed by atoms with Crippen LogP contribution in [0.2, 0.25) is 0 Å². The van der Waals surface area contributed by atoms with Gasteiger partial charge in [0.1, 0.15) is 0 Å². The van der Waals surface area contributed by atoms with Crippen molar-refractivity contribution in [2.75, 3.05) is 26.0 Å². The Morgan fingerprint density at radius 1 is 1.55 bits per heavy atom. The van der Waals surface area contributed by atoms with Crippen LogP contribution < -0.4 is 5.32 Å². The van der Waals surface area contributed by atoms with Crippen molar-refractivity contribution in [3.63, 3.8) is 0 Å². The topological polar surface area (TPSA) is 63.3 Å². The van der Waals surface area contributed by atoms with Gasteiger partial charge in [-0.15, -0.1) is 0 Å². The van der Waals surface area contributed by atoms with Crippen LogP contribution in [0.25, 0.3) is 0 Å². The summed E-state index contributed by atoms with van der Waals surface area (Å²) in [5.41, 5.74) is 1.54. The molecule has 0 atom stereocenters. The largest absolute Gasteiger partial charge is 0.444 e. The Balaban J connectivity index is 1.98. The van der Waals surface area contributed by atoms with E-state index in [2.05, 4.69) is 31.2 Å². The maximum absolute atomic E-state index is 12.0. The molecule has 0 saturated heterocycles. The number of aryl methyl sites for hydroxylation is 1. The smallest absolute Gasteiger partial charge is 0.291 e. The zero-order chi connectivity index (χ0) is 14.7. The number of rotatable bonds is 5. The molecule has 6 nitrogen and oxygen atoms in total. The first-order chi connectivity index (χ1) is 9.45. The molecular formula is C13H17BrN4O2. The van der Waals surface area contributed by atoms with Gasteiger partial charge in [-0.3, -0.25) is 9.48 Å². The predicted octanol–water partition coefficient (Wildman–Crippen LogP) is 2.36. The third kappa shape index (κ3) is 3.71. The Bertz CT molecular complexity index is 584. The van der Waals surface area contributed by atoms with E-state index >= 15 is 0 Å². The molecule has 108 valence electrons. The maximum atomic E-state index is 12.0. The van der Waals surface area contributed by atoms with Crippen molar-refractivity contribution in [2.24, 2.45) is 0 Å². The molecule has 2 rings (SSSR count). The van der Waals surface area contributed by atoms with Gasteiger partial charge in [0, 0.05) is 18.3 Å². The summed E-state index contributed by atoms with van der Waals surface area (Å²) in [7, 11) is 4.01. The highest BCUT2D eigenvalue weighted by Crippen LogP contribution is 2.21. The number of nitrogens with one attached hydrogen (secondary N) is 1. The summed E-state index contributed by atoms with van der Waals surface area (Å²) in [5.74, 6) is -0.0126. The molecule has 20 heavy (non-hydrogen) atoms. The van der Waals surface area contributed by atoms with Gasteiger partial charge in [0.25, 0.3) is 5.91 Å². The van der Waals surface area contributed by atoms with Crippen LogP contribution in [0.1, 0.15) is 16.1 Å². The lowest BCUT2D eigenvalue weighted by Crippen LogP contribution is -2.18. The van der Waals surface area contributed by atoms with Crippen LogP contribution in [0, 0.1) is 6.92 Å². The fourth-order valence-electron chi connectivity index (χ4n) is 1.62. The van der Waals surface area contributed by atoms with Gasteiger partial charge in [-0.05, 0) is 43.0 Å². The summed E-state index contributed by atoms with van der Waals surface area (Å²) in [6, 6.07) is 1.69. The number of likely N-dealkylation sites (N-methyl/N-ethyl adjacent to an activating group) is 1. The molecule has 0 aliphatic rings. The normalized spacial score (nSPS) is 11.1. The first kappa shape index (κ1) is 14.8. The van der Waals surface area contributed by atoms with E-state index in [0.717, 1.165) is 18.7 Å². The Morgan fingerprint density at radius 3 is 2.90 bits per heavy atom. The van der Waals surface area contributed by atoms with Crippen molar-refractivity contribution in [2.45, 2.75) is 13.5 Å². The van der Waals surface area contributed by atoms with Crippen LogP contribution in [0.4, 0.5) is 5.69 Å². The minimum Gasteiger partial charge on any atom is -0.444 e. The van der Waals surface area contributed by atoms with E-state index in [-0.39, 0.29) is 11.7 Å². The zero-order valence-corrected chi connectivity index (χ0v) is 13.3. The van der Waals surface area contributed by atoms with E-state index in [1.165, 1.54) is 0 Å². The van der Waals surface area contributed by atoms with Crippen molar-refractivity contribution >= 4 is 27.5 Å². The third-order valence-corrected chi connectivity index (χ3v) is 3.54. The lowest BCUT2D eigenvalue weighted by Gasteiger charge is -2.08. The van der Waals surface area contributed by atoms with Gasteiger partial charge < -0.3 is 14.6 Å². The number of carbonyl (C=O) groups excluding carboxylic acids is 1. The van der Waals surface area contributed by atoms with E-state index in [4.69, 9.17) is 4.42 Å². The number of anilines is 1. The lowest BCUT2D eigenvalue weighted by atomic mass is 10.3. The van der Waals surface area contributed by atoms with Crippen molar-refractivity contribution in [1.82, 2.24) is 14.7 Å². The summed E-state index contributed by atoms with van der Waals surface area (Å²) in [4.78, 5) is 14.1. The molecule has 0 aliphatic heterocycles. The van der Waals surface area contributed by atoms with E-state index in [9.17, 15) is 4.79 Å². The van der Waals surface area contributed by atoms with Crippen LogP contribution in [0.15, 0.2) is 27.5 Å². The molecule has 2 heterocycles. The van der Waals surface area contributed by atoms with Crippen molar-refractivity contribution < 1.29 is 9.21 Å². The summed E-state index contributed by atoms with van der Waals surface area (Å²) in [6.45, 7) is 3.53. The lowest BCUT2D eigenvalue weighted by molar-refractivity contribution is 0.0995. The molecule has 0 aliphatic carbocycles. The highest BCUT2D eigenvalue weighted by molar-refractivity contribution is 9.10. The molecular weight excluding hydrogens is 324 g/mol. The molecule has 2 aromatic heterocycles. The standard InChI is InChI=1S/C13H17BrN4O2/c1-9-6-11(20-12(9)14)13(19)16-10-7-15-18(8-10)5-4-17(2)3/h6-8H,4-5H2,1-3H3,(H,16,19). The van der Waals surface area contributed by atoms with Crippen LogP contribution in [0.5, 0.6) is 0 Å². The molecule has 7 heteroatoms. The number of amides is 1. The molecule has 0 bridgehead atoms. The number of halogens is 1. The Morgan fingerprint density at radius 2 is 2.30 bits per heavy atom. The summed E-state index contributed by atoms with van der Waals surface area (Å²) in [5, 5.41) is 6.95. The number of hydrogen-bond donors (Lipinski definition) is 1. The van der Waals surface area contributed by atoms with E-state index in [1.54, 1.807) is 23.1 Å². The minimum atomic E-state index is -0.286. The maximum Gasteiger partial charge on any atom is 0.291 e. The summed E-state index contributed by atoms with van der Waals surface area (Å²) in [6.07, 6.45) is 3.42. The van der Waals surface area contributed by atoms with Crippen molar-refractivity contribution in [1.29, 1.82) is 0 Å². The summed E-state index contributed by atoms with van der Waals surface area (Å²) >= 11 is 3.24. The molecule has 0 saturated carbocycles. The number of nitrogens with zero attached hydrogens (tertiary/aromatic N) is 3. The van der Waals surface area contributed by atoms with Gasteiger partial charge >= 0.3 is 0 Å². The monoisotopic (exact) mass is 340 g/mol. The quantitative estimate of drug-likeness (QED) is 0.907. The predicted molar refractivity (Wildman–Crippen MR) is 79.9 cm³/mol. The van der Waals surface area contributed by atoms with Gasteiger partial charge in [-0.25, -0.2) is 0 Å². The molecule has 0 spiro atoms. The van der Waals surface area contributed by atoms with Crippen LogP contribution >= 0.6 is 15.9 Å². The Kier molecular flexibility index (Phi) is 4.61. The summed E-state index contributed by atoms with van der Waals surface area (Å²) < 4.78 is 7.67. The average Bonchev–Trinajstić information content (AvgIpc) is 2.95. The SMILES string of the molecule is Cc1cc(C(=O)Nc2cnn(CCN(C)C)c2)oc1Br. The molecule has 1 amide bonds. The van der Waals surface area contributed by atoms with Gasteiger partial charge in [0.15, 0.2) is 10.4 Å². The van der Waals surface area contributed by atoms with E-state index < -0.39 is 0 Å². The fourth-order valence-corrected chi connectivity index (χ4v) is 1.91. The molecule has 0 fully saturated rings. The third-order valence-electron chi connectivity index (χ3n) is 2.75. The minimum absolute atomic E-state index is 0.274. The van der Waals surface area contributed by atoms with Gasteiger partial charge in [-0.1, -0.05) is 0 Å². The van der Waals surface area contributed by atoms with Crippen molar-refractivity contribution in [3.8, 4) is 0 Å². The van der Waals surface area contributed by atoms with Crippen LogP contribution in [-0.2, 0) is 6.54 Å². The molecule has 0 aromatic carbocycles. The first-order valence-electron chi connectivity index (χ1n) is 6.20. The molecule has 0 unspecified atom stereocenters. The van der Waals surface area contributed by atoms with Gasteiger partial charge in [-0.2, -0.15) is 5.10 Å². The van der Waals surface area contributed by atoms with E-state index in [1.807, 2.05) is 21.0 Å². The van der Waals surface area contributed by atoms with Gasteiger partial charge in [0.05, 0.1) is 18.4 Å². The molecule has 0 radical (unpaired) electrons. The Hall–Kier alpha value is -1.60. The molecule has 2 aromatic rings. The highest BCUT2D eigenvalue weighted by atomic mass is 79.9. The second-order valence-electron chi connectivity index (χ2n) is 4.82. The second kappa shape index (κ2) is 6.23. The van der Waals surface area contributed by atoms with Crippen LogP contribution in [0.3, 0.4) is 0 Å². The average molecular weight is 341 g/mol. The number of hydrogen-bond acceptors (Lipinski definition) is 4. The first-order valence-corrected chi connectivity index (χ1v) is 6.99. The number of furan rings is 1. The van der Waals surface area contributed by atoms with Crippen LogP contribution in [-0.4, -0.2) is 41.2 Å². The fraction of sp³-hybridized carbons (Fsp3) is 0.385. The number of carbonyl (C=O) groups is 1. The Labute approximate surface area is 125 Å². The highest BCUT2D eigenvalue weighted by Gasteiger charge is 2.14. The molecule has 1 N–H and O–H groups in total. The van der Waals surface area contributed by atoms with Crippen molar-refractivity contribution in [3.05, 3.63) is 34.5 Å². The zero-order valence-electron chi connectivity index (χ0n) is 11.7. The van der Waals surface area contributed by atoms with E-state index in [0.29, 0.717) is 10.4 Å². The second-order valence-corrected chi connectivity index (χ2v) is 5.54.